The monoisotopic (exact) mass is 288 g/mol. The Hall–Kier alpha value is -1.67. The predicted molar refractivity (Wildman–Crippen MR) is 68.3 cm³/mol. The summed E-state index contributed by atoms with van der Waals surface area (Å²) in [6.45, 7) is 2.96. The zero-order chi connectivity index (χ0) is 15.1. The van der Waals surface area contributed by atoms with Gasteiger partial charge in [-0.3, -0.25) is 19.3 Å². The van der Waals surface area contributed by atoms with Crippen LogP contribution in [0.25, 0.3) is 0 Å². The number of hydrogen-bond donors (Lipinski definition) is 2. The van der Waals surface area contributed by atoms with Gasteiger partial charge >= 0.3 is 11.9 Å². The quantitative estimate of drug-likeness (QED) is 0.615. The fourth-order valence-corrected chi connectivity index (χ4v) is 1.95. The summed E-state index contributed by atoms with van der Waals surface area (Å²) < 4.78 is 5.14. The van der Waals surface area contributed by atoms with Crippen molar-refractivity contribution in [3.8, 4) is 0 Å². The van der Waals surface area contributed by atoms with Crippen molar-refractivity contribution in [1.82, 2.24) is 9.80 Å². The van der Waals surface area contributed by atoms with E-state index in [0.717, 1.165) is 0 Å². The normalized spacial score (nSPS) is 17.0. The lowest BCUT2D eigenvalue weighted by atomic mass is 10.1. The molecule has 1 saturated heterocycles. The maximum absolute atomic E-state index is 12.0. The van der Waals surface area contributed by atoms with E-state index < -0.39 is 17.9 Å². The molecule has 20 heavy (non-hydrogen) atoms. The van der Waals surface area contributed by atoms with Crippen molar-refractivity contribution in [2.75, 3.05) is 45.9 Å². The Bertz CT molecular complexity index is 367. The largest absolute Gasteiger partial charge is 0.481 e. The van der Waals surface area contributed by atoms with Gasteiger partial charge in [-0.05, 0) is 0 Å². The zero-order valence-corrected chi connectivity index (χ0v) is 11.4. The number of ether oxygens (including phenoxy) is 1. The molecule has 8 nitrogen and oxygen atoms in total. The Labute approximate surface area is 116 Å². The molecule has 0 saturated carbocycles. The summed E-state index contributed by atoms with van der Waals surface area (Å²) in [5, 5.41) is 17.7. The van der Waals surface area contributed by atoms with Gasteiger partial charge in [0.2, 0.25) is 5.91 Å². The molecule has 2 N–H and O–H groups in total. The average molecular weight is 288 g/mol. The van der Waals surface area contributed by atoms with Crippen LogP contribution in [0.5, 0.6) is 0 Å². The smallest absolute Gasteiger partial charge is 0.317 e. The van der Waals surface area contributed by atoms with Crippen LogP contribution in [-0.4, -0.2) is 83.8 Å². The third kappa shape index (κ3) is 5.54. The predicted octanol–water partition coefficient (Wildman–Crippen LogP) is -1.05. The first-order valence-corrected chi connectivity index (χ1v) is 6.42. The molecular weight excluding hydrogens is 268 g/mol. The van der Waals surface area contributed by atoms with E-state index in [1.165, 1.54) is 11.8 Å². The van der Waals surface area contributed by atoms with E-state index in [9.17, 15) is 14.4 Å². The Morgan fingerprint density at radius 1 is 1.20 bits per heavy atom. The van der Waals surface area contributed by atoms with Crippen molar-refractivity contribution in [2.24, 2.45) is 5.92 Å². The van der Waals surface area contributed by atoms with Crippen LogP contribution in [0.15, 0.2) is 0 Å². The second-order valence-corrected chi connectivity index (χ2v) is 4.80. The number of carbonyl (C=O) groups excluding carboxylic acids is 1. The van der Waals surface area contributed by atoms with E-state index in [-0.39, 0.29) is 25.5 Å². The minimum absolute atomic E-state index is 0.0255. The van der Waals surface area contributed by atoms with Gasteiger partial charge in [0.15, 0.2) is 0 Å². The van der Waals surface area contributed by atoms with Crippen molar-refractivity contribution >= 4 is 17.8 Å². The van der Waals surface area contributed by atoms with Crippen LogP contribution >= 0.6 is 0 Å². The average Bonchev–Trinajstić information content (AvgIpc) is 2.38. The number of rotatable bonds is 7. The lowest BCUT2D eigenvalue weighted by molar-refractivity contribution is -0.146. The number of aliphatic carboxylic acids is 2. The Morgan fingerprint density at radius 2 is 1.80 bits per heavy atom. The highest BCUT2D eigenvalue weighted by Crippen LogP contribution is 2.04. The Kier molecular flexibility index (Phi) is 6.40. The molecule has 1 aliphatic rings. The van der Waals surface area contributed by atoms with Gasteiger partial charge in [-0.15, -0.1) is 0 Å². The van der Waals surface area contributed by atoms with Gasteiger partial charge in [-0.2, -0.15) is 0 Å². The molecule has 1 aliphatic heterocycles. The molecule has 0 radical (unpaired) electrons. The minimum Gasteiger partial charge on any atom is -0.481 e. The molecule has 0 bridgehead atoms. The maximum atomic E-state index is 12.0. The van der Waals surface area contributed by atoms with Gasteiger partial charge in [-0.1, -0.05) is 6.92 Å². The lowest BCUT2D eigenvalue weighted by Gasteiger charge is -2.30. The SMILES string of the molecule is CC(CN(CC(=O)O)CC(=O)N1CCOCC1)C(=O)O. The minimum atomic E-state index is -1.09. The van der Waals surface area contributed by atoms with E-state index in [0.29, 0.717) is 26.3 Å². The zero-order valence-electron chi connectivity index (χ0n) is 11.4. The Morgan fingerprint density at radius 3 is 2.30 bits per heavy atom. The van der Waals surface area contributed by atoms with E-state index in [4.69, 9.17) is 14.9 Å². The molecule has 0 aromatic heterocycles. The summed E-state index contributed by atoms with van der Waals surface area (Å²) in [6, 6.07) is 0. The first-order valence-electron chi connectivity index (χ1n) is 6.42. The fraction of sp³-hybridized carbons (Fsp3) is 0.750. The van der Waals surface area contributed by atoms with Crippen LogP contribution in [0.2, 0.25) is 0 Å². The van der Waals surface area contributed by atoms with Crippen molar-refractivity contribution in [1.29, 1.82) is 0 Å². The van der Waals surface area contributed by atoms with E-state index >= 15 is 0 Å². The molecule has 0 spiro atoms. The number of nitrogens with zero attached hydrogens (tertiary/aromatic N) is 2. The highest BCUT2D eigenvalue weighted by molar-refractivity contribution is 5.79. The first-order chi connectivity index (χ1) is 9.40. The van der Waals surface area contributed by atoms with Crippen molar-refractivity contribution in [3.63, 3.8) is 0 Å². The number of amides is 1. The molecule has 1 atom stereocenters. The highest BCUT2D eigenvalue weighted by atomic mass is 16.5. The molecule has 114 valence electrons. The highest BCUT2D eigenvalue weighted by Gasteiger charge is 2.23. The molecule has 1 unspecified atom stereocenters. The molecule has 0 aliphatic carbocycles. The van der Waals surface area contributed by atoms with Crippen LogP contribution in [0.4, 0.5) is 0 Å². The van der Waals surface area contributed by atoms with Crippen LogP contribution in [0.1, 0.15) is 6.92 Å². The summed E-state index contributed by atoms with van der Waals surface area (Å²) in [6.07, 6.45) is 0. The summed E-state index contributed by atoms with van der Waals surface area (Å²) >= 11 is 0. The summed E-state index contributed by atoms with van der Waals surface area (Å²) in [5.74, 6) is -3.03. The lowest BCUT2D eigenvalue weighted by Crippen LogP contribution is -2.47. The van der Waals surface area contributed by atoms with Crippen LogP contribution in [-0.2, 0) is 19.1 Å². The summed E-state index contributed by atoms with van der Waals surface area (Å²) in [5.41, 5.74) is 0. The van der Waals surface area contributed by atoms with Crippen LogP contribution in [0, 0.1) is 5.92 Å². The van der Waals surface area contributed by atoms with Gasteiger partial charge in [0, 0.05) is 19.6 Å². The number of morpholine rings is 1. The number of carbonyl (C=O) groups is 3. The molecule has 1 rings (SSSR count). The van der Waals surface area contributed by atoms with Crippen molar-refractivity contribution in [3.05, 3.63) is 0 Å². The fourth-order valence-electron chi connectivity index (χ4n) is 1.95. The third-order valence-corrected chi connectivity index (χ3v) is 3.04. The summed E-state index contributed by atoms with van der Waals surface area (Å²) in [4.78, 5) is 36.6. The van der Waals surface area contributed by atoms with E-state index in [1.807, 2.05) is 0 Å². The van der Waals surface area contributed by atoms with Crippen molar-refractivity contribution in [2.45, 2.75) is 6.92 Å². The molecule has 1 heterocycles. The summed E-state index contributed by atoms with van der Waals surface area (Å²) in [7, 11) is 0. The number of carboxylic acid groups (broad SMARTS) is 2. The molecular formula is C12H20N2O6. The van der Waals surface area contributed by atoms with E-state index in [2.05, 4.69) is 0 Å². The van der Waals surface area contributed by atoms with Crippen LogP contribution in [0.3, 0.4) is 0 Å². The van der Waals surface area contributed by atoms with Gasteiger partial charge in [-0.25, -0.2) is 0 Å². The number of hydrogen-bond acceptors (Lipinski definition) is 5. The van der Waals surface area contributed by atoms with Gasteiger partial charge in [0.05, 0.1) is 32.2 Å². The molecule has 0 aromatic rings. The molecule has 1 fully saturated rings. The van der Waals surface area contributed by atoms with Gasteiger partial charge < -0.3 is 19.8 Å². The van der Waals surface area contributed by atoms with Gasteiger partial charge in [0.25, 0.3) is 0 Å². The maximum Gasteiger partial charge on any atom is 0.317 e. The topological polar surface area (TPSA) is 107 Å². The third-order valence-electron chi connectivity index (χ3n) is 3.04. The Balaban J connectivity index is 2.56. The standard InChI is InChI=1S/C12H20N2O6/c1-9(12(18)19)6-13(8-11(16)17)7-10(15)14-2-4-20-5-3-14/h9H,2-8H2,1H3,(H,16,17)(H,18,19). The van der Waals surface area contributed by atoms with Crippen LogP contribution < -0.4 is 0 Å². The molecule has 0 aromatic carbocycles. The second kappa shape index (κ2) is 7.81. The van der Waals surface area contributed by atoms with Gasteiger partial charge in [0.1, 0.15) is 0 Å². The van der Waals surface area contributed by atoms with E-state index in [1.54, 1.807) is 4.90 Å². The second-order valence-electron chi connectivity index (χ2n) is 4.80. The number of carboxylic acids is 2. The van der Waals surface area contributed by atoms with Crippen molar-refractivity contribution < 1.29 is 29.3 Å². The molecule has 8 heteroatoms. The molecule has 1 amide bonds. The first kappa shape index (κ1) is 16.4.